The van der Waals surface area contributed by atoms with E-state index in [0.717, 1.165) is 25.2 Å². The van der Waals surface area contributed by atoms with Gasteiger partial charge in [-0.05, 0) is 13.1 Å². The molecule has 5 heteroatoms. The largest absolute Gasteiger partial charge is 0.478 e. The van der Waals surface area contributed by atoms with E-state index in [4.69, 9.17) is 9.84 Å². The van der Waals surface area contributed by atoms with Gasteiger partial charge in [-0.3, -0.25) is 0 Å². The lowest BCUT2D eigenvalue weighted by molar-refractivity contribution is -0.139. The Morgan fingerprint density at radius 1 is 1.27 bits per heavy atom. The fourth-order valence-corrected chi connectivity index (χ4v) is 1.00. The third-order valence-electron chi connectivity index (χ3n) is 1.91. The predicted octanol–water partition coefficient (Wildman–Crippen LogP) is 0.512. The minimum Gasteiger partial charge on any atom is -0.478 e. The number of aliphatic carboxylic acids is 1. The Morgan fingerprint density at radius 2 is 1.87 bits per heavy atom. The number of carboxylic acid groups (broad SMARTS) is 1. The van der Waals surface area contributed by atoms with Gasteiger partial charge in [0.1, 0.15) is 6.61 Å². The van der Waals surface area contributed by atoms with Crippen LogP contribution in [0.2, 0.25) is 0 Å². The monoisotopic (exact) mass is 215 g/mol. The van der Waals surface area contributed by atoms with Crippen LogP contribution in [-0.4, -0.2) is 48.2 Å². The van der Waals surface area contributed by atoms with Gasteiger partial charge in [-0.25, -0.2) is 9.59 Å². The fraction of sp³-hybridized carbons (Fsp3) is 0.600. The number of nitrogens with zero attached hydrogens (tertiary/aromatic N) is 1. The number of ether oxygens (including phenoxy) is 1. The number of carbonyl (C=O) groups is 2. The molecule has 0 unspecified atom stereocenters. The smallest absolute Gasteiger partial charge is 0.331 e. The lowest BCUT2D eigenvalue weighted by atomic mass is 10.5. The van der Waals surface area contributed by atoms with Gasteiger partial charge in [-0.1, -0.05) is 13.8 Å². The van der Waals surface area contributed by atoms with Crippen molar-refractivity contribution in [3.8, 4) is 0 Å². The minimum absolute atomic E-state index is 0.282. The summed E-state index contributed by atoms with van der Waals surface area (Å²) in [4.78, 5) is 23.1. The van der Waals surface area contributed by atoms with Gasteiger partial charge < -0.3 is 14.7 Å². The quantitative estimate of drug-likeness (QED) is 0.495. The Bertz CT molecular complexity index is 234. The summed E-state index contributed by atoms with van der Waals surface area (Å²) in [5.41, 5.74) is 0. The number of hydrogen-bond acceptors (Lipinski definition) is 4. The molecule has 0 radical (unpaired) electrons. The van der Waals surface area contributed by atoms with E-state index in [9.17, 15) is 9.59 Å². The highest BCUT2D eigenvalue weighted by Gasteiger charge is 2.01. The number of esters is 1. The van der Waals surface area contributed by atoms with Gasteiger partial charge in [0.05, 0.1) is 0 Å². The van der Waals surface area contributed by atoms with Crippen LogP contribution in [0.4, 0.5) is 0 Å². The summed E-state index contributed by atoms with van der Waals surface area (Å²) in [6.07, 6.45) is 1.67. The normalized spacial score (nSPS) is 10.9. The number of carboxylic acids is 1. The van der Waals surface area contributed by atoms with Crippen LogP contribution >= 0.6 is 0 Å². The zero-order valence-electron chi connectivity index (χ0n) is 9.10. The van der Waals surface area contributed by atoms with Crippen LogP contribution in [0.5, 0.6) is 0 Å². The van der Waals surface area contributed by atoms with Crippen LogP contribution in [0.1, 0.15) is 13.8 Å². The van der Waals surface area contributed by atoms with Crippen molar-refractivity contribution in [2.45, 2.75) is 13.8 Å². The molecule has 0 aromatic rings. The van der Waals surface area contributed by atoms with Gasteiger partial charge in [0.15, 0.2) is 0 Å². The molecule has 0 amide bonds. The predicted molar refractivity (Wildman–Crippen MR) is 55.5 cm³/mol. The Hall–Kier alpha value is -1.36. The standard InChI is InChI=1S/C10H17NO4/c1-3-11(4-2)7-8-15-10(14)6-5-9(12)13/h5-6H,3-4,7-8H2,1-2H3,(H,12,13)/b6-5-. The molecular weight excluding hydrogens is 198 g/mol. The fourth-order valence-electron chi connectivity index (χ4n) is 1.00. The summed E-state index contributed by atoms with van der Waals surface area (Å²) >= 11 is 0. The molecule has 86 valence electrons. The highest BCUT2D eigenvalue weighted by Crippen LogP contribution is 1.88. The first kappa shape index (κ1) is 13.6. The highest BCUT2D eigenvalue weighted by molar-refractivity contribution is 5.90. The van der Waals surface area contributed by atoms with E-state index in [1.54, 1.807) is 0 Å². The van der Waals surface area contributed by atoms with Gasteiger partial charge in [0.2, 0.25) is 0 Å². The lowest BCUT2D eigenvalue weighted by Gasteiger charge is -2.16. The summed E-state index contributed by atoms with van der Waals surface area (Å²) < 4.78 is 4.80. The van der Waals surface area contributed by atoms with Crippen LogP contribution < -0.4 is 0 Å². The SMILES string of the molecule is CCN(CC)CCOC(=O)/C=C\C(=O)O. The lowest BCUT2D eigenvalue weighted by Crippen LogP contribution is -2.27. The molecule has 0 spiro atoms. The van der Waals surface area contributed by atoms with Crippen molar-refractivity contribution in [1.29, 1.82) is 0 Å². The van der Waals surface area contributed by atoms with Crippen LogP contribution in [-0.2, 0) is 14.3 Å². The van der Waals surface area contributed by atoms with Crippen LogP contribution in [0.3, 0.4) is 0 Å². The van der Waals surface area contributed by atoms with Crippen molar-refractivity contribution >= 4 is 11.9 Å². The first-order valence-electron chi connectivity index (χ1n) is 4.90. The van der Waals surface area contributed by atoms with E-state index in [-0.39, 0.29) is 6.61 Å². The van der Waals surface area contributed by atoms with Gasteiger partial charge >= 0.3 is 11.9 Å². The van der Waals surface area contributed by atoms with Gasteiger partial charge in [-0.15, -0.1) is 0 Å². The molecule has 0 saturated carbocycles. The molecule has 0 saturated heterocycles. The van der Waals surface area contributed by atoms with Crippen molar-refractivity contribution in [2.75, 3.05) is 26.2 Å². The third kappa shape index (κ3) is 7.69. The maximum absolute atomic E-state index is 10.9. The Labute approximate surface area is 89.3 Å². The summed E-state index contributed by atoms with van der Waals surface area (Å²) in [6, 6.07) is 0. The van der Waals surface area contributed by atoms with Crippen molar-refractivity contribution in [2.24, 2.45) is 0 Å². The first-order chi connectivity index (χ1) is 7.10. The summed E-state index contributed by atoms with van der Waals surface area (Å²) in [7, 11) is 0. The average molecular weight is 215 g/mol. The van der Waals surface area contributed by atoms with Crippen molar-refractivity contribution in [3.63, 3.8) is 0 Å². The molecule has 0 aliphatic carbocycles. The maximum atomic E-state index is 10.9. The summed E-state index contributed by atoms with van der Waals surface area (Å²) in [5, 5.41) is 8.25. The Morgan fingerprint density at radius 3 is 2.33 bits per heavy atom. The van der Waals surface area contributed by atoms with Crippen LogP contribution in [0.25, 0.3) is 0 Å². The summed E-state index contributed by atoms with van der Waals surface area (Å²) in [5.74, 6) is -1.78. The number of hydrogen-bond donors (Lipinski definition) is 1. The van der Waals surface area contributed by atoms with E-state index in [2.05, 4.69) is 4.90 Å². The van der Waals surface area contributed by atoms with Crippen LogP contribution in [0.15, 0.2) is 12.2 Å². The maximum Gasteiger partial charge on any atom is 0.331 e. The number of carbonyl (C=O) groups excluding carboxylic acids is 1. The molecule has 0 fully saturated rings. The molecule has 5 nitrogen and oxygen atoms in total. The van der Waals surface area contributed by atoms with E-state index >= 15 is 0 Å². The average Bonchev–Trinajstić information content (AvgIpc) is 2.21. The molecule has 0 rings (SSSR count). The molecule has 0 aromatic heterocycles. The minimum atomic E-state index is -1.16. The highest BCUT2D eigenvalue weighted by atomic mass is 16.5. The summed E-state index contributed by atoms with van der Waals surface area (Å²) in [6.45, 7) is 6.80. The Balaban J connectivity index is 3.67. The van der Waals surface area contributed by atoms with Crippen molar-refractivity contribution in [1.82, 2.24) is 4.90 Å². The van der Waals surface area contributed by atoms with Gasteiger partial charge in [0.25, 0.3) is 0 Å². The molecule has 1 N–H and O–H groups in total. The van der Waals surface area contributed by atoms with Crippen molar-refractivity contribution in [3.05, 3.63) is 12.2 Å². The molecule has 0 heterocycles. The van der Waals surface area contributed by atoms with Crippen LogP contribution in [0, 0.1) is 0 Å². The third-order valence-corrected chi connectivity index (χ3v) is 1.91. The van der Waals surface area contributed by atoms with Gasteiger partial charge in [-0.2, -0.15) is 0 Å². The second-order valence-electron chi connectivity index (χ2n) is 2.87. The first-order valence-corrected chi connectivity index (χ1v) is 4.90. The molecule has 0 bridgehead atoms. The second kappa shape index (κ2) is 7.99. The second-order valence-corrected chi connectivity index (χ2v) is 2.87. The van der Waals surface area contributed by atoms with E-state index < -0.39 is 11.9 Å². The number of likely N-dealkylation sites (N-methyl/N-ethyl adjacent to an activating group) is 1. The molecule has 0 atom stereocenters. The van der Waals surface area contributed by atoms with E-state index in [1.807, 2.05) is 13.8 Å². The Kier molecular flexibility index (Phi) is 7.27. The molecule has 0 aliphatic heterocycles. The van der Waals surface area contributed by atoms with E-state index in [0.29, 0.717) is 6.54 Å². The molecule has 0 aliphatic rings. The number of rotatable bonds is 7. The molecule has 15 heavy (non-hydrogen) atoms. The molecule has 0 aromatic carbocycles. The van der Waals surface area contributed by atoms with Gasteiger partial charge in [0, 0.05) is 18.7 Å². The zero-order valence-corrected chi connectivity index (χ0v) is 9.10. The topological polar surface area (TPSA) is 66.8 Å². The zero-order chi connectivity index (χ0) is 11.7. The molecular formula is C10H17NO4. The van der Waals surface area contributed by atoms with E-state index in [1.165, 1.54) is 0 Å². The van der Waals surface area contributed by atoms with Crippen molar-refractivity contribution < 1.29 is 19.4 Å².